The summed E-state index contributed by atoms with van der Waals surface area (Å²) < 4.78 is 81.6. The molecular weight excluding hydrogens is 282 g/mol. The third-order valence-corrected chi connectivity index (χ3v) is 1.82. The monoisotopic (exact) mass is 286 g/mol. The number of halogens is 6. The van der Waals surface area contributed by atoms with E-state index in [-0.39, 0.29) is 6.20 Å². The van der Waals surface area contributed by atoms with Crippen LogP contribution < -0.4 is 9.47 Å². The van der Waals surface area contributed by atoms with Gasteiger partial charge in [0.25, 0.3) is 0 Å². The fraction of sp³-hybridized carbons (Fsp3) is 0.333. The van der Waals surface area contributed by atoms with Crippen molar-refractivity contribution in [3.05, 3.63) is 17.5 Å². The number of nitrogens with zero attached hydrogens (tertiary/aromatic N) is 2. The molecule has 1 aromatic rings. The Hall–Kier alpha value is -2.18. The Bertz CT molecular complexity index is 517. The van der Waals surface area contributed by atoms with Crippen molar-refractivity contribution in [3.63, 3.8) is 0 Å². The van der Waals surface area contributed by atoms with E-state index in [1.54, 1.807) is 0 Å². The Morgan fingerprint density at radius 2 is 1.74 bits per heavy atom. The SMILES string of the molecule is COc1c(C(F)(F)F)cnc(C#N)c1OC(F)(F)F. The Balaban J connectivity index is 3.52. The van der Waals surface area contributed by atoms with Gasteiger partial charge in [0.15, 0.2) is 11.4 Å². The fourth-order valence-electron chi connectivity index (χ4n) is 1.17. The highest BCUT2D eigenvalue weighted by Gasteiger charge is 2.41. The van der Waals surface area contributed by atoms with E-state index in [2.05, 4.69) is 14.5 Å². The molecule has 1 heterocycles. The second-order valence-electron chi connectivity index (χ2n) is 3.04. The van der Waals surface area contributed by atoms with Crippen LogP contribution in [0.4, 0.5) is 26.3 Å². The molecule has 0 fully saturated rings. The first-order chi connectivity index (χ1) is 8.60. The van der Waals surface area contributed by atoms with Crippen LogP contribution in [0, 0.1) is 11.3 Å². The number of alkyl halides is 6. The van der Waals surface area contributed by atoms with Crippen molar-refractivity contribution in [1.82, 2.24) is 4.98 Å². The predicted molar refractivity (Wildman–Crippen MR) is 47.2 cm³/mol. The highest BCUT2D eigenvalue weighted by atomic mass is 19.4. The molecule has 0 unspecified atom stereocenters. The minimum Gasteiger partial charge on any atom is -0.492 e. The molecule has 0 spiro atoms. The topological polar surface area (TPSA) is 55.1 Å². The molecule has 0 atom stereocenters. The summed E-state index contributed by atoms with van der Waals surface area (Å²) in [5.41, 5.74) is -2.55. The molecule has 0 aliphatic rings. The summed E-state index contributed by atoms with van der Waals surface area (Å²) in [6.07, 6.45) is -10.1. The summed E-state index contributed by atoms with van der Waals surface area (Å²) >= 11 is 0. The van der Waals surface area contributed by atoms with Crippen LogP contribution in [0.2, 0.25) is 0 Å². The molecule has 0 radical (unpaired) electrons. The van der Waals surface area contributed by atoms with Crippen LogP contribution in [0.25, 0.3) is 0 Å². The van der Waals surface area contributed by atoms with Crippen LogP contribution in [0.1, 0.15) is 11.3 Å². The van der Waals surface area contributed by atoms with E-state index in [1.165, 1.54) is 6.07 Å². The molecular formula is C9H4F6N2O2. The van der Waals surface area contributed by atoms with Gasteiger partial charge in [-0.15, -0.1) is 13.2 Å². The first kappa shape index (κ1) is 14.9. The zero-order valence-electron chi connectivity index (χ0n) is 9.06. The Morgan fingerprint density at radius 1 is 1.16 bits per heavy atom. The average Bonchev–Trinajstić information content (AvgIpc) is 2.25. The van der Waals surface area contributed by atoms with E-state index in [9.17, 15) is 26.3 Å². The average molecular weight is 286 g/mol. The molecule has 0 aromatic carbocycles. The predicted octanol–water partition coefficient (Wildman–Crippen LogP) is 2.88. The van der Waals surface area contributed by atoms with Gasteiger partial charge in [-0.3, -0.25) is 0 Å². The first-order valence-electron chi connectivity index (χ1n) is 4.40. The van der Waals surface area contributed by atoms with Gasteiger partial charge in [-0.25, -0.2) is 4.98 Å². The normalized spacial score (nSPS) is 11.9. The van der Waals surface area contributed by atoms with Gasteiger partial charge in [0.2, 0.25) is 5.75 Å². The van der Waals surface area contributed by atoms with Crippen molar-refractivity contribution in [2.24, 2.45) is 0 Å². The number of pyridine rings is 1. The fourth-order valence-corrected chi connectivity index (χ4v) is 1.17. The lowest BCUT2D eigenvalue weighted by Gasteiger charge is -2.17. The van der Waals surface area contributed by atoms with Crippen LogP contribution in [0.15, 0.2) is 6.20 Å². The maximum atomic E-state index is 12.5. The van der Waals surface area contributed by atoms with Crippen molar-refractivity contribution in [2.45, 2.75) is 12.5 Å². The number of methoxy groups -OCH3 is 1. The van der Waals surface area contributed by atoms with Gasteiger partial charge in [0, 0.05) is 6.20 Å². The summed E-state index contributed by atoms with van der Waals surface area (Å²) in [5.74, 6) is -2.68. The maximum absolute atomic E-state index is 12.5. The number of ether oxygens (including phenoxy) is 2. The lowest BCUT2D eigenvalue weighted by atomic mass is 10.2. The largest absolute Gasteiger partial charge is 0.573 e. The highest BCUT2D eigenvalue weighted by molar-refractivity contribution is 5.53. The van der Waals surface area contributed by atoms with E-state index in [4.69, 9.17) is 5.26 Å². The molecule has 1 aromatic heterocycles. The lowest BCUT2D eigenvalue weighted by Crippen LogP contribution is -2.20. The van der Waals surface area contributed by atoms with Crippen LogP contribution in [-0.2, 0) is 6.18 Å². The standard InChI is InChI=1S/C9H4F6N2O2/c1-18-6-4(8(10,11)12)3-17-5(2-16)7(6)19-9(13,14)15/h3H,1H3. The van der Waals surface area contributed by atoms with Gasteiger partial charge in [-0.05, 0) is 0 Å². The lowest BCUT2D eigenvalue weighted by molar-refractivity contribution is -0.275. The molecule has 0 aliphatic heterocycles. The summed E-state index contributed by atoms with van der Waals surface area (Å²) in [6.45, 7) is 0. The Labute approximate surface area is 102 Å². The number of aromatic nitrogens is 1. The van der Waals surface area contributed by atoms with E-state index in [1.807, 2.05) is 0 Å². The van der Waals surface area contributed by atoms with Gasteiger partial charge < -0.3 is 9.47 Å². The van der Waals surface area contributed by atoms with Crippen molar-refractivity contribution < 1.29 is 35.8 Å². The van der Waals surface area contributed by atoms with Crippen LogP contribution in [0.5, 0.6) is 11.5 Å². The molecule has 1 rings (SSSR count). The molecule has 0 bridgehead atoms. The van der Waals surface area contributed by atoms with E-state index in [0.29, 0.717) is 0 Å². The third kappa shape index (κ3) is 3.40. The molecule has 10 heteroatoms. The summed E-state index contributed by atoms with van der Waals surface area (Å²) in [4.78, 5) is 2.97. The third-order valence-electron chi connectivity index (χ3n) is 1.82. The smallest absolute Gasteiger partial charge is 0.492 e. The van der Waals surface area contributed by atoms with Crippen LogP contribution >= 0.6 is 0 Å². The van der Waals surface area contributed by atoms with Crippen molar-refractivity contribution in [1.29, 1.82) is 5.26 Å². The van der Waals surface area contributed by atoms with Gasteiger partial charge >= 0.3 is 12.5 Å². The molecule has 0 aliphatic carbocycles. The molecule has 19 heavy (non-hydrogen) atoms. The molecule has 0 N–H and O–H groups in total. The van der Waals surface area contributed by atoms with Crippen molar-refractivity contribution >= 4 is 0 Å². The summed E-state index contributed by atoms with van der Waals surface area (Å²) in [5, 5.41) is 8.53. The minimum absolute atomic E-state index is 0.195. The second-order valence-corrected chi connectivity index (χ2v) is 3.04. The van der Waals surface area contributed by atoms with E-state index < -0.39 is 35.3 Å². The van der Waals surface area contributed by atoms with E-state index in [0.717, 1.165) is 7.11 Å². The molecule has 104 valence electrons. The zero-order chi connectivity index (χ0) is 14.8. The molecule has 0 amide bonds. The number of hydrogen-bond donors (Lipinski definition) is 0. The van der Waals surface area contributed by atoms with Crippen LogP contribution in [-0.4, -0.2) is 18.5 Å². The van der Waals surface area contributed by atoms with Gasteiger partial charge in [0.1, 0.15) is 11.6 Å². The summed E-state index contributed by atoms with van der Waals surface area (Å²) in [6, 6.07) is 1.19. The van der Waals surface area contributed by atoms with Gasteiger partial charge in [0.05, 0.1) is 7.11 Å². The highest BCUT2D eigenvalue weighted by Crippen LogP contribution is 2.43. The van der Waals surface area contributed by atoms with Gasteiger partial charge in [-0.1, -0.05) is 0 Å². The molecule has 0 saturated heterocycles. The van der Waals surface area contributed by atoms with Crippen LogP contribution in [0.3, 0.4) is 0 Å². The van der Waals surface area contributed by atoms with Crippen molar-refractivity contribution in [2.75, 3.05) is 7.11 Å². The number of nitriles is 1. The minimum atomic E-state index is -5.29. The Morgan fingerprint density at radius 3 is 2.11 bits per heavy atom. The van der Waals surface area contributed by atoms with Crippen molar-refractivity contribution in [3.8, 4) is 17.6 Å². The maximum Gasteiger partial charge on any atom is 0.573 e. The Kier molecular flexibility index (Phi) is 3.78. The number of hydrogen-bond acceptors (Lipinski definition) is 4. The molecule has 4 nitrogen and oxygen atoms in total. The second kappa shape index (κ2) is 4.83. The zero-order valence-corrected chi connectivity index (χ0v) is 9.06. The number of rotatable bonds is 2. The quantitative estimate of drug-likeness (QED) is 0.784. The first-order valence-corrected chi connectivity index (χ1v) is 4.40. The molecule has 0 saturated carbocycles. The summed E-state index contributed by atoms with van der Waals surface area (Å²) in [7, 11) is 0.717. The van der Waals surface area contributed by atoms with Gasteiger partial charge in [-0.2, -0.15) is 18.4 Å². The van der Waals surface area contributed by atoms with E-state index >= 15 is 0 Å².